The first-order valence-electron chi connectivity index (χ1n) is 4.03. The van der Waals surface area contributed by atoms with E-state index in [-0.39, 0.29) is 17.1 Å². The Bertz CT molecular complexity index is 588. The first-order valence-corrected chi connectivity index (χ1v) is 4.91. The first-order chi connectivity index (χ1) is 7.74. The highest BCUT2D eigenvalue weighted by molar-refractivity contribution is 8.01. The summed E-state index contributed by atoms with van der Waals surface area (Å²) in [6.45, 7) is 0. The minimum absolute atomic E-state index is 0.0119. The standard InChI is InChI=1S/C6H7N7O2S/c7-1-2(16-8)9-5-6(14)11-4-3(10-5)12-15-13-4/h1H,7-8H2,(H,9,10,12)(H,11,13,14)/b2-1-. The van der Waals surface area contributed by atoms with Gasteiger partial charge in [-0.3, -0.25) is 14.9 Å². The Labute approximate surface area is 92.4 Å². The van der Waals surface area contributed by atoms with Crippen molar-refractivity contribution in [2.75, 3.05) is 5.32 Å². The van der Waals surface area contributed by atoms with Gasteiger partial charge in [0.1, 0.15) is 5.03 Å². The summed E-state index contributed by atoms with van der Waals surface area (Å²) in [5.41, 5.74) is 5.14. The molecule has 0 amide bonds. The minimum Gasteiger partial charge on any atom is -0.402 e. The van der Waals surface area contributed by atoms with Gasteiger partial charge in [-0.05, 0) is 22.3 Å². The maximum Gasteiger partial charge on any atom is 0.292 e. The van der Waals surface area contributed by atoms with E-state index in [0.717, 1.165) is 11.9 Å². The second-order valence-corrected chi connectivity index (χ2v) is 3.30. The summed E-state index contributed by atoms with van der Waals surface area (Å²) in [5, 5.41) is 15.2. The zero-order valence-electron chi connectivity index (χ0n) is 7.80. The van der Waals surface area contributed by atoms with Gasteiger partial charge in [-0.15, -0.1) is 0 Å². The van der Waals surface area contributed by atoms with E-state index >= 15 is 0 Å². The average Bonchev–Trinajstić information content (AvgIpc) is 2.72. The van der Waals surface area contributed by atoms with Crippen LogP contribution in [0.1, 0.15) is 0 Å². The van der Waals surface area contributed by atoms with E-state index in [2.05, 4.69) is 30.2 Å². The molecule has 0 radical (unpaired) electrons. The van der Waals surface area contributed by atoms with E-state index in [4.69, 9.17) is 10.9 Å². The van der Waals surface area contributed by atoms with Crippen molar-refractivity contribution in [1.29, 1.82) is 0 Å². The van der Waals surface area contributed by atoms with Crippen molar-refractivity contribution in [2.45, 2.75) is 0 Å². The third-order valence-electron chi connectivity index (χ3n) is 1.66. The Morgan fingerprint density at radius 2 is 2.38 bits per heavy atom. The van der Waals surface area contributed by atoms with Gasteiger partial charge in [0, 0.05) is 6.20 Å². The van der Waals surface area contributed by atoms with E-state index in [1.165, 1.54) is 6.20 Å². The molecule has 84 valence electrons. The summed E-state index contributed by atoms with van der Waals surface area (Å²) in [7, 11) is 0. The maximum atomic E-state index is 11.5. The molecule has 0 saturated carbocycles. The molecule has 0 fully saturated rings. The van der Waals surface area contributed by atoms with E-state index in [9.17, 15) is 4.79 Å². The van der Waals surface area contributed by atoms with Gasteiger partial charge in [-0.1, -0.05) is 0 Å². The lowest BCUT2D eigenvalue weighted by Crippen LogP contribution is -2.16. The molecule has 0 spiro atoms. The Morgan fingerprint density at radius 3 is 3.06 bits per heavy atom. The van der Waals surface area contributed by atoms with Crippen molar-refractivity contribution in [3.8, 4) is 0 Å². The molecule has 0 saturated heterocycles. The van der Waals surface area contributed by atoms with Crippen molar-refractivity contribution < 1.29 is 4.63 Å². The smallest absolute Gasteiger partial charge is 0.292 e. The average molecular weight is 241 g/mol. The van der Waals surface area contributed by atoms with E-state index in [1.54, 1.807) is 0 Å². The number of aromatic amines is 1. The Hall–Kier alpha value is -2.07. The second-order valence-electron chi connectivity index (χ2n) is 2.62. The van der Waals surface area contributed by atoms with Crippen LogP contribution < -0.4 is 21.7 Å². The molecule has 0 bridgehead atoms. The largest absolute Gasteiger partial charge is 0.402 e. The maximum absolute atomic E-state index is 11.5. The summed E-state index contributed by atoms with van der Waals surface area (Å²) in [6, 6.07) is 0. The lowest BCUT2D eigenvalue weighted by Gasteiger charge is -2.03. The number of aromatic nitrogens is 4. The highest BCUT2D eigenvalue weighted by Gasteiger charge is 2.09. The van der Waals surface area contributed by atoms with Crippen LogP contribution in [0.15, 0.2) is 20.7 Å². The summed E-state index contributed by atoms with van der Waals surface area (Å²) < 4.78 is 4.40. The monoisotopic (exact) mass is 241 g/mol. The molecule has 0 aliphatic carbocycles. The van der Waals surface area contributed by atoms with Gasteiger partial charge in [-0.25, -0.2) is 4.63 Å². The molecule has 10 heteroatoms. The normalized spacial score (nSPS) is 11.9. The molecule has 0 unspecified atom stereocenters. The molecule has 9 nitrogen and oxygen atoms in total. The minimum atomic E-state index is -0.475. The quantitative estimate of drug-likeness (QED) is 0.500. The molecule has 2 aromatic heterocycles. The molecule has 2 aromatic rings. The van der Waals surface area contributed by atoms with Gasteiger partial charge in [0.25, 0.3) is 5.56 Å². The van der Waals surface area contributed by atoms with Gasteiger partial charge < -0.3 is 11.1 Å². The van der Waals surface area contributed by atoms with Crippen LogP contribution in [0.3, 0.4) is 0 Å². The Kier molecular flexibility index (Phi) is 2.74. The number of H-pyrrole nitrogens is 1. The summed E-state index contributed by atoms with van der Waals surface area (Å²) >= 11 is 0.854. The third-order valence-corrected chi connectivity index (χ3v) is 2.15. The second kappa shape index (κ2) is 4.20. The molecule has 2 heterocycles. The fourth-order valence-corrected chi connectivity index (χ4v) is 1.21. The summed E-state index contributed by atoms with van der Waals surface area (Å²) in [5.74, 6) is 0.0119. The van der Waals surface area contributed by atoms with Crippen LogP contribution in [-0.4, -0.2) is 20.3 Å². The van der Waals surface area contributed by atoms with Crippen LogP contribution in [0.2, 0.25) is 0 Å². The predicted octanol–water partition coefficient (Wildman–Crippen LogP) is -0.918. The number of nitrogens with two attached hydrogens (primary N) is 2. The fourth-order valence-electron chi connectivity index (χ4n) is 0.971. The Balaban J connectivity index is 2.44. The van der Waals surface area contributed by atoms with Crippen molar-refractivity contribution >= 4 is 29.1 Å². The van der Waals surface area contributed by atoms with Gasteiger partial charge in [0.2, 0.25) is 11.3 Å². The third kappa shape index (κ3) is 1.83. The van der Waals surface area contributed by atoms with Crippen molar-refractivity contribution in [3.05, 3.63) is 21.6 Å². The summed E-state index contributed by atoms with van der Waals surface area (Å²) in [6.07, 6.45) is 1.22. The molecular weight excluding hydrogens is 234 g/mol. The number of hydrogen-bond acceptors (Lipinski definition) is 9. The topological polar surface area (TPSA) is 149 Å². The van der Waals surface area contributed by atoms with Crippen LogP contribution in [0.25, 0.3) is 11.3 Å². The number of nitrogens with zero attached hydrogens (tertiary/aromatic N) is 3. The molecule has 0 aliphatic rings. The van der Waals surface area contributed by atoms with E-state index in [0.29, 0.717) is 5.03 Å². The SMILES string of the molecule is N/C=C(/Nc1nc2nonc2[nH]c1=O)SN. The predicted molar refractivity (Wildman–Crippen MR) is 57.9 cm³/mol. The Morgan fingerprint density at radius 1 is 1.56 bits per heavy atom. The van der Waals surface area contributed by atoms with Crippen LogP contribution in [0.5, 0.6) is 0 Å². The highest BCUT2D eigenvalue weighted by Crippen LogP contribution is 2.09. The van der Waals surface area contributed by atoms with E-state index < -0.39 is 5.56 Å². The number of rotatable bonds is 3. The molecular formula is C6H7N7O2S. The van der Waals surface area contributed by atoms with Crippen molar-refractivity contribution in [3.63, 3.8) is 0 Å². The van der Waals surface area contributed by atoms with Crippen LogP contribution >= 0.6 is 11.9 Å². The molecule has 0 aliphatic heterocycles. The van der Waals surface area contributed by atoms with Crippen molar-refractivity contribution in [1.82, 2.24) is 20.3 Å². The molecule has 0 atom stereocenters. The lowest BCUT2D eigenvalue weighted by atomic mass is 10.6. The number of nitrogens with one attached hydrogen (secondary N) is 2. The number of fused-ring (bicyclic) bond motifs is 1. The van der Waals surface area contributed by atoms with Gasteiger partial charge in [-0.2, -0.15) is 4.98 Å². The number of hydrogen-bond donors (Lipinski definition) is 4. The molecule has 2 rings (SSSR count). The van der Waals surface area contributed by atoms with Crippen LogP contribution in [0, 0.1) is 0 Å². The summed E-state index contributed by atoms with van der Waals surface area (Å²) in [4.78, 5) is 17.8. The van der Waals surface area contributed by atoms with Gasteiger partial charge in [0.15, 0.2) is 5.82 Å². The number of anilines is 1. The zero-order chi connectivity index (χ0) is 11.5. The van der Waals surface area contributed by atoms with Crippen LogP contribution in [-0.2, 0) is 0 Å². The van der Waals surface area contributed by atoms with Gasteiger partial charge in [0.05, 0.1) is 0 Å². The lowest BCUT2D eigenvalue weighted by molar-refractivity contribution is 0.314. The first kappa shape index (κ1) is 10.4. The fraction of sp³-hybridized carbons (Fsp3) is 0. The zero-order valence-corrected chi connectivity index (χ0v) is 8.61. The van der Waals surface area contributed by atoms with Gasteiger partial charge >= 0.3 is 0 Å². The molecule has 6 N–H and O–H groups in total. The molecule has 0 aromatic carbocycles. The van der Waals surface area contributed by atoms with E-state index in [1.807, 2.05) is 0 Å². The highest BCUT2D eigenvalue weighted by atomic mass is 32.2. The van der Waals surface area contributed by atoms with Crippen molar-refractivity contribution in [2.24, 2.45) is 10.9 Å². The molecule has 16 heavy (non-hydrogen) atoms. The van der Waals surface area contributed by atoms with Crippen LogP contribution in [0.4, 0.5) is 5.82 Å².